The highest BCUT2D eigenvalue weighted by atomic mass is 32.1. The van der Waals surface area contributed by atoms with Crippen molar-refractivity contribution in [1.29, 1.82) is 0 Å². The van der Waals surface area contributed by atoms with Crippen molar-refractivity contribution in [3.8, 4) is 11.1 Å². The lowest BCUT2D eigenvalue weighted by atomic mass is 10.1. The van der Waals surface area contributed by atoms with Crippen LogP contribution in [-0.4, -0.2) is 10.9 Å². The Morgan fingerprint density at radius 1 is 1.14 bits per heavy atom. The molecule has 0 spiro atoms. The number of nitrogens with one attached hydrogen (secondary N) is 1. The number of thiophene rings is 1. The molecule has 0 aliphatic carbocycles. The zero-order chi connectivity index (χ0) is 15.4. The van der Waals surface area contributed by atoms with Crippen LogP contribution in [0.15, 0.2) is 60.2 Å². The van der Waals surface area contributed by atoms with E-state index in [0.717, 1.165) is 16.1 Å². The highest BCUT2D eigenvalue weighted by Gasteiger charge is 2.09. The van der Waals surface area contributed by atoms with Gasteiger partial charge in [0.2, 0.25) is 5.91 Å². The maximum Gasteiger partial charge on any atom is 0.229 e. The number of hydrogen-bond acceptors (Lipinski definition) is 3. The van der Waals surface area contributed by atoms with Gasteiger partial charge in [0.05, 0.1) is 11.4 Å². The molecule has 0 saturated heterocycles. The second kappa shape index (κ2) is 6.49. The molecule has 22 heavy (non-hydrogen) atoms. The van der Waals surface area contributed by atoms with E-state index in [-0.39, 0.29) is 18.1 Å². The fourth-order valence-corrected chi connectivity index (χ4v) is 2.92. The average Bonchev–Trinajstić information content (AvgIpc) is 2.99. The molecule has 0 saturated carbocycles. The van der Waals surface area contributed by atoms with Crippen LogP contribution in [0.5, 0.6) is 0 Å². The van der Waals surface area contributed by atoms with Crippen LogP contribution in [0.1, 0.15) is 5.56 Å². The van der Waals surface area contributed by atoms with E-state index < -0.39 is 0 Å². The number of pyridine rings is 1. The third-order valence-corrected chi connectivity index (χ3v) is 4.03. The Labute approximate surface area is 131 Å². The van der Waals surface area contributed by atoms with Crippen LogP contribution < -0.4 is 5.32 Å². The monoisotopic (exact) mass is 312 g/mol. The SMILES string of the molecule is O=C(Cc1ccccc1F)Nc1cc(-c2ccncc2)cs1. The molecule has 0 bridgehead atoms. The van der Waals surface area contributed by atoms with Gasteiger partial charge < -0.3 is 5.32 Å². The largest absolute Gasteiger partial charge is 0.317 e. The van der Waals surface area contributed by atoms with Crippen LogP contribution in [0.2, 0.25) is 0 Å². The van der Waals surface area contributed by atoms with Crippen molar-refractivity contribution in [3.63, 3.8) is 0 Å². The number of halogens is 1. The molecule has 3 rings (SSSR count). The zero-order valence-electron chi connectivity index (χ0n) is 11.6. The van der Waals surface area contributed by atoms with Gasteiger partial charge in [-0.3, -0.25) is 9.78 Å². The number of aromatic nitrogens is 1. The minimum atomic E-state index is -0.360. The topological polar surface area (TPSA) is 42.0 Å². The van der Waals surface area contributed by atoms with Gasteiger partial charge in [-0.15, -0.1) is 11.3 Å². The van der Waals surface area contributed by atoms with Crippen molar-refractivity contribution in [2.24, 2.45) is 0 Å². The Bertz CT molecular complexity index is 786. The molecule has 2 heterocycles. The fourth-order valence-electron chi connectivity index (χ4n) is 2.09. The highest BCUT2D eigenvalue weighted by Crippen LogP contribution is 2.28. The Morgan fingerprint density at radius 2 is 1.91 bits per heavy atom. The van der Waals surface area contributed by atoms with Crippen molar-refractivity contribution in [2.45, 2.75) is 6.42 Å². The van der Waals surface area contributed by atoms with Crippen molar-refractivity contribution in [3.05, 3.63) is 71.6 Å². The van der Waals surface area contributed by atoms with Crippen LogP contribution >= 0.6 is 11.3 Å². The molecule has 110 valence electrons. The fraction of sp³-hybridized carbons (Fsp3) is 0.0588. The molecule has 0 radical (unpaired) electrons. The minimum absolute atomic E-state index is 0.0230. The van der Waals surface area contributed by atoms with Gasteiger partial charge in [0.15, 0.2) is 0 Å². The molecule has 0 unspecified atom stereocenters. The van der Waals surface area contributed by atoms with Crippen LogP contribution in [0.25, 0.3) is 11.1 Å². The molecule has 1 aromatic carbocycles. The molecular formula is C17H13FN2OS. The lowest BCUT2D eigenvalue weighted by Gasteiger charge is -2.03. The van der Waals surface area contributed by atoms with Crippen molar-refractivity contribution < 1.29 is 9.18 Å². The first-order valence-electron chi connectivity index (χ1n) is 6.74. The third-order valence-electron chi connectivity index (χ3n) is 3.18. The number of carbonyl (C=O) groups excluding carboxylic acids is 1. The Hall–Kier alpha value is -2.53. The number of benzene rings is 1. The molecule has 5 heteroatoms. The summed E-state index contributed by atoms with van der Waals surface area (Å²) in [6.45, 7) is 0. The number of hydrogen-bond donors (Lipinski definition) is 1. The molecule has 3 aromatic rings. The summed E-state index contributed by atoms with van der Waals surface area (Å²) in [5, 5.41) is 5.52. The van der Waals surface area contributed by atoms with Gasteiger partial charge in [-0.25, -0.2) is 4.39 Å². The summed E-state index contributed by atoms with van der Waals surface area (Å²) >= 11 is 1.44. The maximum atomic E-state index is 13.5. The molecule has 0 atom stereocenters. The highest BCUT2D eigenvalue weighted by molar-refractivity contribution is 7.14. The first-order chi connectivity index (χ1) is 10.7. The van der Waals surface area contributed by atoms with Gasteiger partial charge in [0.25, 0.3) is 0 Å². The first kappa shape index (κ1) is 14.4. The van der Waals surface area contributed by atoms with Crippen molar-refractivity contribution >= 4 is 22.2 Å². The van der Waals surface area contributed by atoms with Gasteiger partial charge in [-0.05, 0) is 41.0 Å². The number of nitrogens with zero attached hydrogens (tertiary/aromatic N) is 1. The van der Waals surface area contributed by atoms with E-state index in [4.69, 9.17) is 0 Å². The van der Waals surface area contributed by atoms with E-state index in [9.17, 15) is 9.18 Å². The zero-order valence-corrected chi connectivity index (χ0v) is 12.4. The average molecular weight is 312 g/mol. The lowest BCUT2D eigenvalue weighted by Crippen LogP contribution is -2.14. The molecule has 1 amide bonds. The van der Waals surface area contributed by atoms with Gasteiger partial charge in [0.1, 0.15) is 5.82 Å². The predicted octanol–water partition coefficient (Wildman–Crippen LogP) is 4.13. The Balaban J connectivity index is 1.68. The van der Waals surface area contributed by atoms with E-state index in [2.05, 4.69) is 10.3 Å². The van der Waals surface area contributed by atoms with Crippen molar-refractivity contribution in [2.75, 3.05) is 5.32 Å². The predicted molar refractivity (Wildman–Crippen MR) is 86.3 cm³/mol. The summed E-state index contributed by atoms with van der Waals surface area (Å²) in [6.07, 6.45) is 3.47. The summed E-state index contributed by atoms with van der Waals surface area (Å²) in [5.74, 6) is -0.588. The first-order valence-corrected chi connectivity index (χ1v) is 7.62. The van der Waals surface area contributed by atoms with Crippen LogP contribution in [0, 0.1) is 5.82 Å². The minimum Gasteiger partial charge on any atom is -0.317 e. The van der Waals surface area contributed by atoms with E-state index in [1.54, 1.807) is 30.6 Å². The maximum absolute atomic E-state index is 13.5. The molecule has 0 aliphatic rings. The summed E-state index contributed by atoms with van der Waals surface area (Å²) in [4.78, 5) is 16.0. The van der Waals surface area contributed by atoms with Crippen LogP contribution in [0.4, 0.5) is 9.39 Å². The molecule has 3 nitrogen and oxygen atoms in total. The van der Waals surface area contributed by atoms with Crippen molar-refractivity contribution in [1.82, 2.24) is 4.98 Å². The third kappa shape index (κ3) is 3.38. The van der Waals surface area contributed by atoms with Gasteiger partial charge in [-0.1, -0.05) is 18.2 Å². The quantitative estimate of drug-likeness (QED) is 0.787. The normalized spacial score (nSPS) is 10.4. The summed E-state index contributed by atoms with van der Waals surface area (Å²) in [6, 6.07) is 12.0. The second-order valence-corrected chi connectivity index (χ2v) is 5.66. The Kier molecular flexibility index (Phi) is 4.25. The smallest absolute Gasteiger partial charge is 0.229 e. The summed E-state index contributed by atoms with van der Waals surface area (Å²) in [5.41, 5.74) is 2.46. The van der Waals surface area contributed by atoms with E-state index >= 15 is 0 Å². The standard InChI is InChI=1S/C17H13FN2OS/c18-15-4-2-1-3-13(15)9-16(21)20-17-10-14(11-22-17)12-5-7-19-8-6-12/h1-8,10-11H,9H2,(H,20,21). The molecular weight excluding hydrogens is 299 g/mol. The number of amides is 1. The number of anilines is 1. The Morgan fingerprint density at radius 3 is 2.68 bits per heavy atom. The van der Waals surface area contributed by atoms with Crippen LogP contribution in [-0.2, 0) is 11.2 Å². The van der Waals surface area contributed by atoms with E-state index in [1.807, 2.05) is 23.6 Å². The number of carbonyl (C=O) groups is 1. The van der Waals surface area contributed by atoms with E-state index in [1.165, 1.54) is 17.4 Å². The molecule has 2 aromatic heterocycles. The van der Waals surface area contributed by atoms with E-state index in [0.29, 0.717) is 5.56 Å². The molecule has 0 aliphatic heterocycles. The summed E-state index contributed by atoms with van der Waals surface area (Å²) in [7, 11) is 0. The molecule has 1 N–H and O–H groups in total. The lowest BCUT2D eigenvalue weighted by molar-refractivity contribution is -0.115. The van der Waals surface area contributed by atoms with Crippen LogP contribution in [0.3, 0.4) is 0 Å². The number of rotatable bonds is 4. The second-order valence-electron chi connectivity index (χ2n) is 4.75. The van der Waals surface area contributed by atoms with Gasteiger partial charge >= 0.3 is 0 Å². The van der Waals surface area contributed by atoms with Gasteiger partial charge in [-0.2, -0.15) is 0 Å². The molecule has 0 fully saturated rings. The summed E-state index contributed by atoms with van der Waals surface area (Å²) < 4.78 is 13.5. The van der Waals surface area contributed by atoms with Gasteiger partial charge in [0, 0.05) is 17.8 Å².